The molecule has 3 rings (SSSR count). The quantitative estimate of drug-likeness (QED) is 0.867. The number of nitrogens with one attached hydrogen (secondary N) is 1. The van der Waals surface area contributed by atoms with Crippen molar-refractivity contribution >= 4 is 11.6 Å². The molecular weight excluding hydrogens is 234 g/mol. The third-order valence-corrected chi connectivity index (χ3v) is 4.95. The van der Waals surface area contributed by atoms with Gasteiger partial charge in [0, 0.05) is 12.1 Å². The maximum absolute atomic E-state index is 12.1. The fourth-order valence-corrected chi connectivity index (χ4v) is 3.95. The molecule has 19 heavy (non-hydrogen) atoms. The second-order valence-corrected chi connectivity index (χ2v) is 6.24. The zero-order valence-corrected chi connectivity index (χ0v) is 11.7. The van der Waals surface area contributed by atoms with Gasteiger partial charge in [-0.3, -0.25) is 4.79 Å². The van der Waals surface area contributed by atoms with Crippen LogP contribution in [0.3, 0.4) is 0 Å². The monoisotopic (exact) mass is 257 g/mol. The van der Waals surface area contributed by atoms with E-state index in [-0.39, 0.29) is 5.91 Å². The molecule has 2 bridgehead atoms. The van der Waals surface area contributed by atoms with Gasteiger partial charge >= 0.3 is 0 Å². The van der Waals surface area contributed by atoms with Gasteiger partial charge in [0.25, 0.3) is 0 Å². The van der Waals surface area contributed by atoms with Gasteiger partial charge in [-0.05, 0) is 61.1 Å². The summed E-state index contributed by atoms with van der Waals surface area (Å²) in [4.78, 5) is 12.1. The van der Waals surface area contributed by atoms with Gasteiger partial charge in [0.05, 0.1) is 0 Å². The maximum Gasteiger partial charge on any atom is 0.224 e. The summed E-state index contributed by atoms with van der Waals surface area (Å²) in [6, 6.07) is 8.19. The van der Waals surface area contributed by atoms with Crippen LogP contribution in [0.25, 0.3) is 0 Å². The first-order chi connectivity index (χ1) is 9.24. The molecule has 1 amide bonds. The van der Waals surface area contributed by atoms with Crippen LogP contribution in [-0.2, 0) is 11.2 Å². The van der Waals surface area contributed by atoms with Crippen LogP contribution in [0.4, 0.5) is 5.69 Å². The second kappa shape index (κ2) is 5.36. The largest absolute Gasteiger partial charge is 0.326 e. The number of anilines is 1. The fraction of sp³-hybridized carbons (Fsp3) is 0.588. The number of carbonyl (C=O) groups is 1. The average molecular weight is 257 g/mol. The van der Waals surface area contributed by atoms with Crippen LogP contribution in [0.5, 0.6) is 0 Å². The van der Waals surface area contributed by atoms with Gasteiger partial charge < -0.3 is 5.32 Å². The molecule has 3 unspecified atom stereocenters. The number of carbonyl (C=O) groups excluding carboxylic acids is 1. The van der Waals surface area contributed by atoms with E-state index in [1.807, 2.05) is 12.1 Å². The van der Waals surface area contributed by atoms with E-state index in [2.05, 4.69) is 24.4 Å². The molecule has 2 aliphatic rings. The molecule has 1 aromatic carbocycles. The highest BCUT2D eigenvalue weighted by Gasteiger charge is 2.40. The first kappa shape index (κ1) is 12.7. The van der Waals surface area contributed by atoms with E-state index in [0.29, 0.717) is 5.92 Å². The zero-order chi connectivity index (χ0) is 13.2. The highest BCUT2D eigenvalue weighted by molar-refractivity contribution is 5.90. The Bertz CT molecular complexity index is 468. The summed E-state index contributed by atoms with van der Waals surface area (Å²) in [6.07, 6.45) is 7.15. The first-order valence-corrected chi connectivity index (χ1v) is 7.63. The van der Waals surface area contributed by atoms with Crippen molar-refractivity contribution in [2.75, 3.05) is 5.32 Å². The standard InChI is InChI=1S/C17H23NO/c1-2-12-4-3-5-16(10-12)18-17(19)11-15-9-13-6-7-14(15)8-13/h3-5,10,13-15H,2,6-9,11H2,1H3,(H,18,19). The van der Waals surface area contributed by atoms with Crippen LogP contribution in [0, 0.1) is 17.8 Å². The van der Waals surface area contributed by atoms with E-state index in [4.69, 9.17) is 0 Å². The van der Waals surface area contributed by atoms with Gasteiger partial charge in [0.15, 0.2) is 0 Å². The Hall–Kier alpha value is -1.31. The minimum absolute atomic E-state index is 0.200. The predicted molar refractivity (Wildman–Crippen MR) is 78.0 cm³/mol. The van der Waals surface area contributed by atoms with Crippen LogP contribution in [0.15, 0.2) is 24.3 Å². The summed E-state index contributed by atoms with van der Waals surface area (Å²) in [7, 11) is 0. The zero-order valence-electron chi connectivity index (χ0n) is 11.7. The Morgan fingerprint density at radius 3 is 2.89 bits per heavy atom. The number of amides is 1. The number of fused-ring (bicyclic) bond motifs is 2. The lowest BCUT2D eigenvalue weighted by Crippen LogP contribution is -2.20. The smallest absolute Gasteiger partial charge is 0.224 e. The van der Waals surface area contributed by atoms with Gasteiger partial charge in [-0.2, -0.15) is 0 Å². The summed E-state index contributed by atoms with van der Waals surface area (Å²) in [5, 5.41) is 3.06. The number of aryl methyl sites for hydroxylation is 1. The van der Waals surface area contributed by atoms with Crippen molar-refractivity contribution in [2.24, 2.45) is 17.8 Å². The van der Waals surface area contributed by atoms with E-state index >= 15 is 0 Å². The highest BCUT2D eigenvalue weighted by atomic mass is 16.1. The van der Waals surface area contributed by atoms with E-state index in [0.717, 1.165) is 30.4 Å². The number of hydrogen-bond acceptors (Lipinski definition) is 1. The molecule has 0 aromatic heterocycles. The Labute approximate surface area is 115 Å². The molecule has 102 valence electrons. The molecular formula is C17H23NO. The molecule has 0 aliphatic heterocycles. The van der Waals surface area contributed by atoms with Gasteiger partial charge in [0.1, 0.15) is 0 Å². The van der Waals surface area contributed by atoms with E-state index in [1.165, 1.54) is 31.2 Å². The molecule has 0 spiro atoms. The lowest BCUT2D eigenvalue weighted by molar-refractivity contribution is -0.117. The SMILES string of the molecule is CCc1cccc(NC(=O)CC2CC3CCC2C3)c1. The lowest BCUT2D eigenvalue weighted by atomic mass is 9.86. The van der Waals surface area contributed by atoms with Crippen molar-refractivity contribution in [2.45, 2.75) is 45.4 Å². The van der Waals surface area contributed by atoms with Crippen LogP contribution in [0.1, 0.15) is 44.6 Å². The van der Waals surface area contributed by atoms with Crippen LogP contribution >= 0.6 is 0 Å². The summed E-state index contributed by atoms with van der Waals surface area (Å²) in [5.74, 6) is 2.60. The summed E-state index contributed by atoms with van der Waals surface area (Å²) in [5.41, 5.74) is 2.23. The first-order valence-electron chi connectivity index (χ1n) is 7.63. The predicted octanol–water partition coefficient (Wildman–Crippen LogP) is 4.01. The van der Waals surface area contributed by atoms with E-state index < -0.39 is 0 Å². The van der Waals surface area contributed by atoms with Crippen molar-refractivity contribution < 1.29 is 4.79 Å². The molecule has 1 aromatic rings. The number of benzene rings is 1. The molecule has 2 nitrogen and oxygen atoms in total. The molecule has 3 atom stereocenters. The second-order valence-electron chi connectivity index (χ2n) is 6.24. The van der Waals surface area contributed by atoms with Crippen molar-refractivity contribution in [1.29, 1.82) is 0 Å². The average Bonchev–Trinajstić information content (AvgIpc) is 3.01. The highest BCUT2D eigenvalue weighted by Crippen LogP contribution is 2.49. The normalized spacial score (nSPS) is 28.6. The van der Waals surface area contributed by atoms with Gasteiger partial charge in [-0.25, -0.2) is 0 Å². The van der Waals surface area contributed by atoms with Gasteiger partial charge in [-0.15, -0.1) is 0 Å². The molecule has 2 fully saturated rings. The molecule has 2 saturated carbocycles. The van der Waals surface area contributed by atoms with Crippen molar-refractivity contribution in [3.63, 3.8) is 0 Å². The summed E-state index contributed by atoms with van der Waals surface area (Å²) < 4.78 is 0. The summed E-state index contributed by atoms with van der Waals surface area (Å²) >= 11 is 0. The molecule has 2 heteroatoms. The Balaban J connectivity index is 1.56. The Kier molecular flexibility index (Phi) is 3.58. The topological polar surface area (TPSA) is 29.1 Å². The van der Waals surface area contributed by atoms with Gasteiger partial charge in [0.2, 0.25) is 5.91 Å². The molecule has 0 heterocycles. The molecule has 2 aliphatic carbocycles. The van der Waals surface area contributed by atoms with Crippen molar-refractivity contribution in [1.82, 2.24) is 0 Å². The molecule has 0 radical (unpaired) electrons. The molecule has 1 N–H and O–H groups in total. The minimum Gasteiger partial charge on any atom is -0.326 e. The fourth-order valence-electron chi connectivity index (χ4n) is 3.95. The summed E-state index contributed by atoms with van der Waals surface area (Å²) in [6.45, 7) is 2.14. The van der Waals surface area contributed by atoms with Gasteiger partial charge in [-0.1, -0.05) is 25.5 Å². The lowest BCUT2D eigenvalue weighted by Gasteiger charge is -2.20. The third-order valence-electron chi connectivity index (χ3n) is 4.95. The van der Waals surface area contributed by atoms with Crippen LogP contribution in [0.2, 0.25) is 0 Å². The Morgan fingerprint density at radius 2 is 2.21 bits per heavy atom. The number of rotatable bonds is 4. The minimum atomic E-state index is 0.200. The molecule has 0 saturated heterocycles. The van der Waals surface area contributed by atoms with Crippen molar-refractivity contribution in [3.8, 4) is 0 Å². The van der Waals surface area contributed by atoms with E-state index in [9.17, 15) is 4.79 Å². The van der Waals surface area contributed by atoms with Crippen LogP contribution in [-0.4, -0.2) is 5.91 Å². The number of hydrogen-bond donors (Lipinski definition) is 1. The Morgan fingerprint density at radius 1 is 1.32 bits per heavy atom. The maximum atomic E-state index is 12.1. The van der Waals surface area contributed by atoms with Crippen molar-refractivity contribution in [3.05, 3.63) is 29.8 Å². The third kappa shape index (κ3) is 2.83. The van der Waals surface area contributed by atoms with Crippen LogP contribution < -0.4 is 5.32 Å². The van der Waals surface area contributed by atoms with E-state index in [1.54, 1.807) is 0 Å².